The van der Waals surface area contributed by atoms with E-state index in [1.54, 1.807) is 11.3 Å². The number of hydrogen-bond donors (Lipinski definition) is 1. The van der Waals surface area contributed by atoms with Crippen LogP contribution in [0.5, 0.6) is 0 Å². The lowest BCUT2D eigenvalue weighted by atomic mass is 10.0. The topological polar surface area (TPSA) is 42.2 Å². The maximum absolute atomic E-state index is 5.78. The molecule has 0 bridgehead atoms. The second-order valence-electron chi connectivity index (χ2n) is 4.24. The highest BCUT2D eigenvalue weighted by molar-refractivity contribution is 7.15. The molecule has 0 fully saturated rings. The van der Waals surface area contributed by atoms with Gasteiger partial charge in [0.25, 0.3) is 0 Å². The summed E-state index contributed by atoms with van der Waals surface area (Å²) in [6.07, 6.45) is 2.26. The number of nitrogens with two attached hydrogens (primary N) is 1. The van der Waals surface area contributed by atoms with Crippen LogP contribution in [0.3, 0.4) is 0 Å². The zero-order valence-electron chi connectivity index (χ0n) is 10.8. The molecule has 0 radical (unpaired) electrons. The van der Waals surface area contributed by atoms with Crippen LogP contribution in [0.2, 0.25) is 0 Å². The summed E-state index contributed by atoms with van der Waals surface area (Å²) >= 11 is 1.74. The lowest BCUT2D eigenvalue weighted by Gasteiger charge is -2.13. The first-order valence-electron chi connectivity index (χ1n) is 6.04. The van der Waals surface area contributed by atoms with Gasteiger partial charge in [0.05, 0.1) is 5.69 Å². The zero-order valence-corrected chi connectivity index (χ0v) is 11.6. The molecule has 1 atom stereocenters. The summed E-state index contributed by atoms with van der Waals surface area (Å²) in [6.45, 7) is 8.26. The molecule has 2 N–H and O–H groups in total. The summed E-state index contributed by atoms with van der Waals surface area (Å²) in [5.74, 6) is 0.513. The van der Waals surface area contributed by atoms with E-state index in [1.165, 1.54) is 10.6 Å². The van der Waals surface area contributed by atoms with Crippen LogP contribution in [-0.2, 0) is 6.54 Å². The minimum atomic E-state index is 0.513. The Morgan fingerprint density at radius 1 is 1.44 bits per heavy atom. The van der Waals surface area contributed by atoms with E-state index < -0.39 is 0 Å². The Bertz CT molecular complexity index is 322. The molecule has 0 saturated heterocycles. The van der Waals surface area contributed by atoms with Crippen LogP contribution >= 0.6 is 11.3 Å². The van der Waals surface area contributed by atoms with Crippen molar-refractivity contribution in [2.24, 2.45) is 5.73 Å². The molecular weight excluding hydrogens is 218 g/mol. The quantitative estimate of drug-likeness (QED) is 0.832. The molecule has 0 aliphatic rings. The smallest absolute Gasteiger partial charge is 0.185 e. The average molecular weight is 241 g/mol. The summed E-state index contributed by atoms with van der Waals surface area (Å²) in [7, 11) is 2.10. The van der Waals surface area contributed by atoms with Crippen molar-refractivity contribution >= 4 is 16.5 Å². The second-order valence-corrected chi connectivity index (χ2v) is 5.30. The molecular formula is C12H23N3S. The lowest BCUT2D eigenvalue weighted by molar-refractivity contribution is 0.701. The van der Waals surface area contributed by atoms with Gasteiger partial charge in [0.1, 0.15) is 0 Å². The Hall–Kier alpha value is -0.610. The molecule has 16 heavy (non-hydrogen) atoms. The minimum absolute atomic E-state index is 0.513. The highest BCUT2D eigenvalue weighted by atomic mass is 32.1. The van der Waals surface area contributed by atoms with Crippen molar-refractivity contribution in [1.29, 1.82) is 0 Å². The highest BCUT2D eigenvalue weighted by Crippen LogP contribution is 2.31. The van der Waals surface area contributed by atoms with Crippen molar-refractivity contribution in [2.45, 2.75) is 46.1 Å². The standard InChI is InChI=1S/C12H23N3S/c1-5-7-15(4)12-14-11(9(3)6-2)10(8-13)16-12/h9H,5-8,13H2,1-4H3. The predicted octanol–water partition coefficient (Wildman–Crippen LogP) is 2.96. The van der Waals surface area contributed by atoms with E-state index >= 15 is 0 Å². The maximum Gasteiger partial charge on any atom is 0.185 e. The number of hydrogen-bond acceptors (Lipinski definition) is 4. The van der Waals surface area contributed by atoms with Crippen molar-refractivity contribution in [2.75, 3.05) is 18.5 Å². The molecule has 0 aliphatic carbocycles. The van der Waals surface area contributed by atoms with Gasteiger partial charge in [-0.05, 0) is 18.8 Å². The summed E-state index contributed by atoms with van der Waals surface area (Å²) in [5.41, 5.74) is 6.98. The summed E-state index contributed by atoms with van der Waals surface area (Å²) < 4.78 is 0. The Morgan fingerprint density at radius 2 is 2.12 bits per heavy atom. The predicted molar refractivity (Wildman–Crippen MR) is 72.3 cm³/mol. The fraction of sp³-hybridized carbons (Fsp3) is 0.750. The number of anilines is 1. The Balaban J connectivity index is 2.93. The molecule has 1 aromatic rings. The third kappa shape index (κ3) is 2.95. The fourth-order valence-electron chi connectivity index (χ4n) is 1.67. The van der Waals surface area contributed by atoms with Crippen LogP contribution in [0.15, 0.2) is 0 Å². The molecule has 0 saturated carbocycles. The van der Waals surface area contributed by atoms with Crippen molar-refractivity contribution in [1.82, 2.24) is 4.98 Å². The van der Waals surface area contributed by atoms with Crippen LogP contribution < -0.4 is 10.6 Å². The Morgan fingerprint density at radius 3 is 2.62 bits per heavy atom. The molecule has 0 aromatic carbocycles. The van der Waals surface area contributed by atoms with Gasteiger partial charge in [0.15, 0.2) is 5.13 Å². The molecule has 3 nitrogen and oxygen atoms in total. The summed E-state index contributed by atoms with van der Waals surface area (Å²) in [5, 5.41) is 1.11. The first-order valence-corrected chi connectivity index (χ1v) is 6.86. The van der Waals surface area contributed by atoms with E-state index in [1.807, 2.05) is 0 Å². The number of thiazole rings is 1. The van der Waals surface area contributed by atoms with Crippen molar-refractivity contribution < 1.29 is 0 Å². The average Bonchev–Trinajstić information content (AvgIpc) is 2.72. The first kappa shape index (κ1) is 13.5. The Labute approximate surface area is 103 Å². The van der Waals surface area contributed by atoms with Gasteiger partial charge in [0.2, 0.25) is 0 Å². The van der Waals surface area contributed by atoms with Crippen LogP contribution in [0.1, 0.15) is 50.1 Å². The molecule has 0 spiro atoms. The van der Waals surface area contributed by atoms with E-state index in [9.17, 15) is 0 Å². The molecule has 92 valence electrons. The zero-order chi connectivity index (χ0) is 12.1. The van der Waals surface area contributed by atoms with Gasteiger partial charge in [-0.2, -0.15) is 0 Å². The van der Waals surface area contributed by atoms with Gasteiger partial charge < -0.3 is 10.6 Å². The molecule has 1 aromatic heterocycles. The van der Waals surface area contributed by atoms with Gasteiger partial charge in [-0.1, -0.05) is 20.8 Å². The van der Waals surface area contributed by atoms with Crippen molar-refractivity contribution in [3.05, 3.63) is 10.6 Å². The van der Waals surface area contributed by atoms with E-state index in [2.05, 4.69) is 32.7 Å². The number of rotatable bonds is 6. The van der Waals surface area contributed by atoms with E-state index in [-0.39, 0.29) is 0 Å². The highest BCUT2D eigenvalue weighted by Gasteiger charge is 2.16. The summed E-state index contributed by atoms with van der Waals surface area (Å²) in [6, 6.07) is 0. The SMILES string of the molecule is CCCN(C)c1nc(C(C)CC)c(CN)s1. The molecule has 1 unspecified atom stereocenters. The molecule has 1 rings (SSSR count). The number of aromatic nitrogens is 1. The van der Waals surface area contributed by atoms with Crippen molar-refractivity contribution in [3.8, 4) is 0 Å². The molecule has 0 aliphatic heterocycles. The second kappa shape index (κ2) is 6.21. The minimum Gasteiger partial charge on any atom is -0.351 e. The first-order chi connectivity index (χ1) is 7.63. The van der Waals surface area contributed by atoms with E-state index in [0.717, 1.165) is 24.5 Å². The molecule has 0 amide bonds. The lowest BCUT2D eigenvalue weighted by Crippen LogP contribution is -2.17. The number of nitrogens with zero attached hydrogens (tertiary/aromatic N) is 2. The largest absolute Gasteiger partial charge is 0.351 e. The Kier molecular flexibility index (Phi) is 5.22. The summed E-state index contributed by atoms with van der Waals surface area (Å²) in [4.78, 5) is 8.20. The fourth-order valence-corrected chi connectivity index (χ4v) is 2.72. The van der Waals surface area contributed by atoms with Crippen LogP contribution in [0, 0.1) is 0 Å². The van der Waals surface area contributed by atoms with Gasteiger partial charge in [-0.25, -0.2) is 4.98 Å². The van der Waals surface area contributed by atoms with Crippen LogP contribution in [0.25, 0.3) is 0 Å². The van der Waals surface area contributed by atoms with Crippen LogP contribution in [0.4, 0.5) is 5.13 Å². The molecule has 4 heteroatoms. The van der Waals surface area contributed by atoms with Gasteiger partial charge in [-0.15, -0.1) is 11.3 Å². The van der Waals surface area contributed by atoms with Gasteiger partial charge in [-0.3, -0.25) is 0 Å². The van der Waals surface area contributed by atoms with Crippen molar-refractivity contribution in [3.63, 3.8) is 0 Å². The van der Waals surface area contributed by atoms with E-state index in [4.69, 9.17) is 10.7 Å². The monoisotopic (exact) mass is 241 g/mol. The van der Waals surface area contributed by atoms with Crippen LogP contribution in [-0.4, -0.2) is 18.6 Å². The third-order valence-corrected chi connectivity index (χ3v) is 4.07. The third-order valence-electron chi connectivity index (χ3n) is 2.87. The van der Waals surface area contributed by atoms with Gasteiger partial charge in [0, 0.05) is 25.0 Å². The maximum atomic E-state index is 5.78. The normalized spacial score (nSPS) is 12.8. The molecule has 1 heterocycles. The van der Waals surface area contributed by atoms with Gasteiger partial charge >= 0.3 is 0 Å². The van der Waals surface area contributed by atoms with E-state index in [0.29, 0.717) is 12.5 Å².